The van der Waals surface area contributed by atoms with Gasteiger partial charge in [0.25, 0.3) is 0 Å². The molecule has 1 saturated carbocycles. The van der Waals surface area contributed by atoms with Crippen molar-refractivity contribution < 1.29 is 8.42 Å². The highest BCUT2D eigenvalue weighted by Crippen LogP contribution is 2.29. The van der Waals surface area contributed by atoms with Crippen LogP contribution in [0.25, 0.3) is 0 Å². The number of halogens is 2. The van der Waals surface area contributed by atoms with Crippen LogP contribution >= 0.6 is 38.9 Å². The molecule has 1 aromatic heterocycles. The normalized spacial score (nSPS) is 26.1. The molecular formula is C9H11BrClNO2S2. The molecule has 1 aromatic rings. The lowest BCUT2D eigenvalue weighted by atomic mass is 10.3. The highest BCUT2D eigenvalue weighted by atomic mass is 79.9. The Labute approximate surface area is 112 Å². The van der Waals surface area contributed by atoms with E-state index in [-0.39, 0.29) is 15.1 Å². The molecule has 1 fully saturated rings. The summed E-state index contributed by atoms with van der Waals surface area (Å²) in [5.41, 5.74) is 0. The minimum Gasteiger partial charge on any atom is -0.206 e. The predicted octanol–water partition coefficient (Wildman–Crippen LogP) is 3.00. The van der Waals surface area contributed by atoms with Gasteiger partial charge in [-0.25, -0.2) is 13.1 Å². The van der Waals surface area contributed by atoms with Crippen LogP contribution < -0.4 is 4.72 Å². The summed E-state index contributed by atoms with van der Waals surface area (Å²) in [6.45, 7) is 0. The lowest BCUT2D eigenvalue weighted by Crippen LogP contribution is -2.37. The van der Waals surface area contributed by atoms with Gasteiger partial charge in [0.15, 0.2) is 0 Å². The topological polar surface area (TPSA) is 46.2 Å². The fraction of sp³-hybridized carbons (Fsp3) is 0.556. The smallest absolute Gasteiger partial charge is 0.206 e. The second-order valence-electron chi connectivity index (χ2n) is 3.73. The molecule has 1 heterocycles. The van der Waals surface area contributed by atoms with Crippen LogP contribution in [0.1, 0.15) is 19.3 Å². The van der Waals surface area contributed by atoms with Crippen molar-refractivity contribution in [2.75, 3.05) is 0 Å². The van der Waals surface area contributed by atoms with Crippen LogP contribution in [0.3, 0.4) is 0 Å². The molecule has 0 radical (unpaired) electrons. The fourth-order valence-electron chi connectivity index (χ4n) is 1.75. The minimum atomic E-state index is -3.40. The zero-order valence-corrected chi connectivity index (χ0v) is 12.3. The van der Waals surface area contributed by atoms with E-state index >= 15 is 0 Å². The molecule has 16 heavy (non-hydrogen) atoms. The summed E-state index contributed by atoms with van der Waals surface area (Å²) < 4.78 is 27.4. The van der Waals surface area contributed by atoms with Crippen molar-refractivity contribution in [2.24, 2.45) is 0 Å². The zero-order chi connectivity index (χ0) is 11.8. The molecule has 2 unspecified atom stereocenters. The number of hydrogen-bond acceptors (Lipinski definition) is 3. The summed E-state index contributed by atoms with van der Waals surface area (Å²) in [5, 5.41) is 0. The van der Waals surface area contributed by atoms with Gasteiger partial charge in [0.2, 0.25) is 10.0 Å². The minimum absolute atomic E-state index is 0.00845. The van der Waals surface area contributed by atoms with Crippen molar-refractivity contribution >= 4 is 48.9 Å². The van der Waals surface area contributed by atoms with Crippen LogP contribution in [0.5, 0.6) is 0 Å². The maximum Gasteiger partial charge on any atom is 0.250 e. The Balaban J connectivity index is 2.14. The second-order valence-corrected chi connectivity index (χ2v) is 8.57. The van der Waals surface area contributed by atoms with Gasteiger partial charge < -0.3 is 0 Å². The first-order chi connectivity index (χ1) is 7.49. The summed E-state index contributed by atoms with van der Waals surface area (Å²) in [5.74, 6) is 0. The van der Waals surface area contributed by atoms with E-state index in [4.69, 9.17) is 11.6 Å². The van der Waals surface area contributed by atoms with E-state index < -0.39 is 10.0 Å². The predicted molar refractivity (Wildman–Crippen MR) is 70.0 cm³/mol. The van der Waals surface area contributed by atoms with E-state index in [0.29, 0.717) is 4.34 Å². The summed E-state index contributed by atoms with van der Waals surface area (Å²) in [7, 11) is -3.40. The number of sulfonamides is 1. The van der Waals surface area contributed by atoms with E-state index in [1.54, 1.807) is 6.07 Å². The van der Waals surface area contributed by atoms with Crippen LogP contribution in [0.2, 0.25) is 4.34 Å². The van der Waals surface area contributed by atoms with Gasteiger partial charge >= 0.3 is 0 Å². The zero-order valence-electron chi connectivity index (χ0n) is 8.32. The van der Waals surface area contributed by atoms with E-state index in [1.165, 1.54) is 6.07 Å². The first-order valence-corrected chi connectivity index (χ1v) is 8.50. The molecule has 0 saturated heterocycles. The maximum atomic E-state index is 12.0. The average molecular weight is 345 g/mol. The van der Waals surface area contributed by atoms with Gasteiger partial charge in [-0.3, -0.25) is 0 Å². The Hall–Kier alpha value is 0.380. The lowest BCUT2D eigenvalue weighted by Gasteiger charge is -2.15. The fourth-order valence-corrected chi connectivity index (χ4v) is 5.45. The molecule has 0 amide bonds. The van der Waals surface area contributed by atoms with Crippen molar-refractivity contribution in [2.45, 2.75) is 34.3 Å². The second kappa shape index (κ2) is 4.94. The Kier molecular flexibility index (Phi) is 3.96. The molecule has 7 heteroatoms. The lowest BCUT2D eigenvalue weighted by molar-refractivity contribution is 0.558. The number of thiophene rings is 1. The van der Waals surface area contributed by atoms with Gasteiger partial charge in [-0.1, -0.05) is 34.0 Å². The number of hydrogen-bond donors (Lipinski definition) is 1. The summed E-state index contributed by atoms with van der Waals surface area (Å²) in [6, 6.07) is 3.13. The summed E-state index contributed by atoms with van der Waals surface area (Å²) in [4.78, 5) is 0.234. The van der Waals surface area contributed by atoms with Crippen LogP contribution in [-0.2, 0) is 10.0 Å². The Morgan fingerprint density at radius 1 is 1.44 bits per heavy atom. The van der Waals surface area contributed by atoms with Gasteiger partial charge in [0.1, 0.15) is 4.21 Å². The molecule has 0 bridgehead atoms. The van der Waals surface area contributed by atoms with Crippen LogP contribution in [0, 0.1) is 0 Å². The third kappa shape index (κ3) is 2.79. The molecule has 0 aliphatic heterocycles. The average Bonchev–Trinajstić information content (AvgIpc) is 2.77. The van der Waals surface area contributed by atoms with Gasteiger partial charge in [0.05, 0.1) is 4.34 Å². The van der Waals surface area contributed by atoms with E-state index in [2.05, 4.69) is 20.7 Å². The van der Waals surface area contributed by atoms with Crippen LogP contribution in [0.15, 0.2) is 16.3 Å². The molecule has 0 aromatic carbocycles. The quantitative estimate of drug-likeness (QED) is 0.857. The molecule has 0 spiro atoms. The van der Waals surface area contributed by atoms with Crippen molar-refractivity contribution in [3.63, 3.8) is 0 Å². The molecule has 1 aliphatic rings. The van der Waals surface area contributed by atoms with E-state index in [0.717, 1.165) is 30.6 Å². The van der Waals surface area contributed by atoms with Gasteiger partial charge in [-0.05, 0) is 25.0 Å². The summed E-state index contributed by atoms with van der Waals surface area (Å²) in [6.07, 6.45) is 2.95. The Bertz CT molecular complexity index is 474. The molecule has 3 nitrogen and oxygen atoms in total. The molecule has 90 valence electrons. The van der Waals surface area contributed by atoms with Gasteiger partial charge in [-0.2, -0.15) is 0 Å². The monoisotopic (exact) mass is 343 g/mol. The van der Waals surface area contributed by atoms with Crippen molar-refractivity contribution in [1.29, 1.82) is 0 Å². The number of alkyl halides is 1. The third-order valence-electron chi connectivity index (χ3n) is 2.55. The van der Waals surface area contributed by atoms with Crippen LogP contribution in [-0.4, -0.2) is 19.3 Å². The number of rotatable bonds is 3. The van der Waals surface area contributed by atoms with E-state index in [9.17, 15) is 8.42 Å². The Morgan fingerprint density at radius 3 is 2.69 bits per heavy atom. The first-order valence-electron chi connectivity index (χ1n) is 4.91. The van der Waals surface area contributed by atoms with Gasteiger partial charge in [0, 0.05) is 10.9 Å². The van der Waals surface area contributed by atoms with Crippen molar-refractivity contribution in [3.05, 3.63) is 16.5 Å². The van der Waals surface area contributed by atoms with Gasteiger partial charge in [-0.15, -0.1) is 11.3 Å². The summed E-state index contributed by atoms with van der Waals surface area (Å²) >= 11 is 10.3. The standard InChI is InChI=1S/C9H11BrClNO2S2/c10-6-2-1-3-7(6)12-16(13,14)9-5-4-8(11)15-9/h4-7,12H,1-3H2. The molecule has 1 aliphatic carbocycles. The third-order valence-corrected chi connectivity index (χ3v) is 6.86. The van der Waals surface area contributed by atoms with Crippen molar-refractivity contribution in [3.8, 4) is 0 Å². The maximum absolute atomic E-state index is 12.0. The molecular weight excluding hydrogens is 334 g/mol. The largest absolute Gasteiger partial charge is 0.250 e. The SMILES string of the molecule is O=S(=O)(NC1CCCC1Br)c1ccc(Cl)s1. The molecule has 1 N–H and O–H groups in total. The number of nitrogens with one attached hydrogen (secondary N) is 1. The highest BCUT2D eigenvalue weighted by Gasteiger charge is 2.30. The van der Waals surface area contributed by atoms with Crippen LogP contribution in [0.4, 0.5) is 0 Å². The molecule has 2 atom stereocenters. The van der Waals surface area contributed by atoms with Crippen molar-refractivity contribution in [1.82, 2.24) is 4.72 Å². The van der Waals surface area contributed by atoms with E-state index in [1.807, 2.05) is 0 Å². The Morgan fingerprint density at radius 2 is 2.19 bits per heavy atom. The first kappa shape index (κ1) is 12.8. The molecule has 2 rings (SSSR count). The highest BCUT2D eigenvalue weighted by molar-refractivity contribution is 9.09.